The van der Waals surface area contributed by atoms with Crippen LogP contribution in [0.25, 0.3) is 0 Å². The molecular weight excluding hydrogens is 344 g/mol. The standard InChI is InChI=1S/C19H20N6O2/c20-10-14-1-5-23-18(9-14)24-6-2-15(3-7-24)19(26)25-17(4-8-27-25)16-11-21-13-22-12-16/h1,5,9,11-13,15,17H,2-4,6-8H2/t17-/m0/s1. The molecule has 2 aliphatic heterocycles. The van der Waals surface area contributed by atoms with Crippen LogP contribution in [-0.2, 0) is 9.63 Å². The summed E-state index contributed by atoms with van der Waals surface area (Å²) in [4.78, 5) is 33.2. The highest BCUT2D eigenvalue weighted by Gasteiger charge is 2.37. The summed E-state index contributed by atoms with van der Waals surface area (Å²) in [6.45, 7) is 1.98. The Morgan fingerprint density at radius 2 is 2.00 bits per heavy atom. The number of carbonyl (C=O) groups is 1. The second kappa shape index (κ2) is 7.68. The van der Waals surface area contributed by atoms with E-state index in [1.807, 2.05) is 0 Å². The second-order valence-corrected chi connectivity index (χ2v) is 6.75. The monoisotopic (exact) mass is 364 g/mol. The minimum Gasteiger partial charge on any atom is -0.357 e. The van der Waals surface area contributed by atoms with E-state index in [4.69, 9.17) is 10.1 Å². The van der Waals surface area contributed by atoms with Crippen LogP contribution in [0.5, 0.6) is 0 Å². The molecule has 4 heterocycles. The molecule has 8 heteroatoms. The van der Waals surface area contributed by atoms with Crippen molar-refractivity contribution in [2.45, 2.75) is 25.3 Å². The first-order valence-electron chi connectivity index (χ1n) is 9.08. The van der Waals surface area contributed by atoms with Gasteiger partial charge in [0.2, 0.25) is 5.91 Å². The van der Waals surface area contributed by atoms with Gasteiger partial charge in [0.05, 0.1) is 24.3 Å². The predicted octanol–water partition coefficient (Wildman–Crippen LogP) is 1.86. The summed E-state index contributed by atoms with van der Waals surface area (Å²) in [5.41, 5.74) is 1.50. The SMILES string of the molecule is N#Cc1ccnc(N2CCC(C(=O)N3OCC[C@H]3c3cncnc3)CC2)c1. The smallest absolute Gasteiger partial charge is 0.249 e. The minimum absolute atomic E-state index is 0.0275. The molecule has 0 aromatic carbocycles. The topological polar surface area (TPSA) is 95.2 Å². The van der Waals surface area contributed by atoms with Crippen LogP contribution in [0.15, 0.2) is 37.1 Å². The van der Waals surface area contributed by atoms with Gasteiger partial charge >= 0.3 is 0 Å². The Morgan fingerprint density at radius 3 is 2.74 bits per heavy atom. The summed E-state index contributed by atoms with van der Waals surface area (Å²) in [5, 5.41) is 10.6. The Balaban J connectivity index is 1.40. The molecule has 4 rings (SSSR count). The summed E-state index contributed by atoms with van der Waals surface area (Å²) in [6, 6.07) is 5.50. The van der Waals surface area contributed by atoms with E-state index in [0.29, 0.717) is 12.2 Å². The maximum Gasteiger partial charge on any atom is 0.249 e. The van der Waals surface area contributed by atoms with Gasteiger partial charge in [-0.3, -0.25) is 9.63 Å². The third kappa shape index (κ3) is 3.59. The molecule has 0 aliphatic carbocycles. The third-order valence-electron chi connectivity index (χ3n) is 5.13. The van der Waals surface area contributed by atoms with Crippen molar-refractivity contribution in [3.63, 3.8) is 0 Å². The van der Waals surface area contributed by atoms with Gasteiger partial charge in [0.15, 0.2) is 0 Å². The summed E-state index contributed by atoms with van der Waals surface area (Å²) in [6.07, 6.45) is 8.82. The van der Waals surface area contributed by atoms with Gasteiger partial charge in [0, 0.05) is 49.6 Å². The lowest BCUT2D eigenvalue weighted by Crippen LogP contribution is -2.42. The first kappa shape index (κ1) is 17.4. The molecule has 0 saturated carbocycles. The number of hydrogen-bond donors (Lipinski definition) is 0. The van der Waals surface area contributed by atoms with Crippen LogP contribution in [0.4, 0.5) is 5.82 Å². The number of hydroxylamine groups is 2. The molecule has 27 heavy (non-hydrogen) atoms. The molecule has 0 bridgehead atoms. The van der Waals surface area contributed by atoms with Crippen LogP contribution in [0, 0.1) is 17.2 Å². The predicted molar refractivity (Wildman–Crippen MR) is 96.1 cm³/mol. The molecule has 1 atom stereocenters. The zero-order valence-corrected chi connectivity index (χ0v) is 14.9. The maximum absolute atomic E-state index is 13.0. The molecule has 2 fully saturated rings. The largest absolute Gasteiger partial charge is 0.357 e. The van der Waals surface area contributed by atoms with Gasteiger partial charge in [0.1, 0.15) is 12.1 Å². The van der Waals surface area contributed by atoms with Crippen molar-refractivity contribution >= 4 is 11.7 Å². The molecule has 0 spiro atoms. The molecule has 0 radical (unpaired) electrons. The molecule has 0 N–H and O–H groups in total. The number of anilines is 1. The zero-order chi connectivity index (χ0) is 18.6. The van der Waals surface area contributed by atoms with E-state index < -0.39 is 0 Å². The number of aromatic nitrogens is 3. The zero-order valence-electron chi connectivity index (χ0n) is 14.9. The van der Waals surface area contributed by atoms with Crippen molar-refractivity contribution < 1.29 is 9.63 Å². The van der Waals surface area contributed by atoms with Gasteiger partial charge in [-0.2, -0.15) is 5.26 Å². The highest BCUT2D eigenvalue weighted by Crippen LogP contribution is 2.33. The molecule has 2 aromatic heterocycles. The number of rotatable bonds is 3. The quantitative estimate of drug-likeness (QED) is 0.820. The van der Waals surface area contributed by atoms with Gasteiger partial charge in [-0.25, -0.2) is 20.0 Å². The van der Waals surface area contributed by atoms with E-state index in [2.05, 4.69) is 25.9 Å². The molecule has 138 valence electrons. The van der Waals surface area contributed by atoms with Crippen molar-refractivity contribution in [1.29, 1.82) is 5.26 Å². The molecule has 2 aromatic rings. The van der Waals surface area contributed by atoms with Gasteiger partial charge in [-0.1, -0.05) is 0 Å². The summed E-state index contributed by atoms with van der Waals surface area (Å²) in [7, 11) is 0. The van der Waals surface area contributed by atoms with Crippen molar-refractivity contribution in [1.82, 2.24) is 20.0 Å². The van der Waals surface area contributed by atoms with Crippen LogP contribution < -0.4 is 4.90 Å². The highest BCUT2D eigenvalue weighted by atomic mass is 16.7. The van der Waals surface area contributed by atoms with Crippen LogP contribution in [0.1, 0.15) is 36.4 Å². The Morgan fingerprint density at radius 1 is 1.22 bits per heavy atom. The Labute approximate surface area is 157 Å². The fourth-order valence-electron chi connectivity index (χ4n) is 3.67. The van der Waals surface area contributed by atoms with Crippen molar-refractivity contribution in [2.75, 3.05) is 24.6 Å². The van der Waals surface area contributed by atoms with E-state index in [1.54, 1.807) is 30.7 Å². The maximum atomic E-state index is 13.0. The number of pyridine rings is 1. The van der Waals surface area contributed by atoms with E-state index in [9.17, 15) is 4.79 Å². The average Bonchev–Trinajstić information content (AvgIpc) is 3.24. The number of nitriles is 1. The van der Waals surface area contributed by atoms with Crippen LogP contribution in [0.2, 0.25) is 0 Å². The minimum atomic E-state index is -0.120. The second-order valence-electron chi connectivity index (χ2n) is 6.75. The fourth-order valence-corrected chi connectivity index (χ4v) is 3.67. The normalized spacial score (nSPS) is 20.5. The van der Waals surface area contributed by atoms with Crippen molar-refractivity contribution in [3.8, 4) is 6.07 Å². The van der Waals surface area contributed by atoms with Crippen molar-refractivity contribution in [2.24, 2.45) is 5.92 Å². The van der Waals surface area contributed by atoms with E-state index >= 15 is 0 Å². The van der Waals surface area contributed by atoms with Crippen molar-refractivity contribution in [3.05, 3.63) is 48.2 Å². The number of nitrogens with zero attached hydrogens (tertiary/aromatic N) is 6. The first-order valence-corrected chi connectivity index (χ1v) is 9.08. The van der Waals surface area contributed by atoms with E-state index in [1.165, 1.54) is 11.4 Å². The number of piperidine rings is 1. The van der Waals surface area contributed by atoms with Crippen LogP contribution in [-0.4, -0.2) is 45.6 Å². The third-order valence-corrected chi connectivity index (χ3v) is 5.13. The Hall–Kier alpha value is -3.05. The van der Waals surface area contributed by atoms with Crippen LogP contribution in [0.3, 0.4) is 0 Å². The summed E-state index contributed by atoms with van der Waals surface area (Å²) >= 11 is 0. The number of carbonyl (C=O) groups excluding carboxylic acids is 1. The van der Waals surface area contributed by atoms with Gasteiger partial charge in [-0.15, -0.1) is 0 Å². The molecule has 0 unspecified atom stereocenters. The molecule has 8 nitrogen and oxygen atoms in total. The molecule has 2 saturated heterocycles. The highest BCUT2D eigenvalue weighted by molar-refractivity contribution is 5.79. The average molecular weight is 364 g/mol. The lowest BCUT2D eigenvalue weighted by Gasteiger charge is -2.34. The van der Waals surface area contributed by atoms with E-state index in [0.717, 1.165) is 43.7 Å². The number of amides is 1. The number of hydrogen-bond acceptors (Lipinski definition) is 7. The lowest BCUT2D eigenvalue weighted by molar-refractivity contribution is -0.182. The first-order chi connectivity index (χ1) is 13.3. The lowest BCUT2D eigenvalue weighted by atomic mass is 9.94. The molecule has 1 amide bonds. The van der Waals surface area contributed by atoms with Crippen LogP contribution >= 0.6 is 0 Å². The summed E-state index contributed by atoms with van der Waals surface area (Å²) in [5.74, 6) is 0.738. The Kier molecular flexibility index (Phi) is 4.94. The molecular formula is C19H20N6O2. The molecule has 2 aliphatic rings. The summed E-state index contributed by atoms with van der Waals surface area (Å²) < 4.78 is 0. The Bertz CT molecular complexity index is 845. The van der Waals surface area contributed by atoms with E-state index in [-0.39, 0.29) is 17.9 Å². The van der Waals surface area contributed by atoms with Gasteiger partial charge in [0.25, 0.3) is 0 Å². The van der Waals surface area contributed by atoms with Gasteiger partial charge in [-0.05, 0) is 25.0 Å². The fraction of sp³-hybridized carbons (Fsp3) is 0.421. The van der Waals surface area contributed by atoms with Gasteiger partial charge < -0.3 is 4.90 Å².